The number of ether oxygens (including phenoxy) is 2. The number of anilines is 1. The van der Waals surface area contributed by atoms with Crippen LogP contribution < -0.4 is 14.4 Å². The third kappa shape index (κ3) is 4.88. The minimum absolute atomic E-state index is 0.267. The molecular formula is C26H31N7O4S. The molecule has 11 nitrogen and oxygen atoms in total. The zero-order valence-corrected chi connectivity index (χ0v) is 22.9. The van der Waals surface area contributed by atoms with Gasteiger partial charge in [0.1, 0.15) is 17.6 Å². The van der Waals surface area contributed by atoms with E-state index in [-0.39, 0.29) is 6.10 Å². The van der Waals surface area contributed by atoms with Crippen molar-refractivity contribution in [3.8, 4) is 22.8 Å². The summed E-state index contributed by atoms with van der Waals surface area (Å²) in [7, 11) is -1.56. The predicted molar refractivity (Wildman–Crippen MR) is 145 cm³/mol. The van der Waals surface area contributed by atoms with E-state index in [1.807, 2.05) is 45.0 Å². The Morgan fingerprint density at radius 2 is 1.82 bits per heavy atom. The van der Waals surface area contributed by atoms with Crippen molar-refractivity contribution in [2.45, 2.75) is 26.9 Å². The number of aromatic amines is 1. The highest BCUT2D eigenvalue weighted by atomic mass is 32.2. The monoisotopic (exact) mass is 537 g/mol. The van der Waals surface area contributed by atoms with E-state index in [1.165, 1.54) is 10.6 Å². The standard InChI is InChI=1S/C26H31N7O4S/c1-16-14-28-29-17(2)23(16)18(3)37-21-8-7-20-24(26(21)36-4)25(31-30-20)19-6-9-22(27-15-19)32-10-12-33(13-11-32)38(5,34)35/h6-9,14-15,18H,10-13H2,1-5H3,(H,30,31)/t18-/m1/s1. The molecule has 5 rings (SSSR count). The van der Waals surface area contributed by atoms with Crippen molar-refractivity contribution >= 4 is 26.7 Å². The second-order valence-corrected chi connectivity index (χ2v) is 11.4. The molecule has 0 unspecified atom stereocenters. The number of nitrogens with one attached hydrogen (secondary N) is 1. The van der Waals surface area contributed by atoms with Crippen LogP contribution in [-0.2, 0) is 10.0 Å². The molecule has 1 aromatic carbocycles. The van der Waals surface area contributed by atoms with Gasteiger partial charge in [-0.3, -0.25) is 5.10 Å². The number of methoxy groups -OCH3 is 1. The summed E-state index contributed by atoms with van der Waals surface area (Å²) in [5, 5.41) is 16.6. The van der Waals surface area contributed by atoms with Crippen LogP contribution in [0.15, 0.2) is 36.7 Å². The first-order valence-corrected chi connectivity index (χ1v) is 14.2. The van der Waals surface area contributed by atoms with Gasteiger partial charge in [-0.1, -0.05) is 0 Å². The van der Waals surface area contributed by atoms with Gasteiger partial charge in [0.15, 0.2) is 11.5 Å². The number of sulfonamides is 1. The SMILES string of the molecule is COc1c(O[C@H](C)c2c(C)cnnc2C)ccc2[nH]nc(-c3ccc(N4CCN(S(C)(=O)=O)CC4)nc3)c12. The molecule has 1 fully saturated rings. The lowest BCUT2D eigenvalue weighted by Gasteiger charge is -2.33. The minimum atomic E-state index is -3.18. The molecule has 1 saturated heterocycles. The molecule has 0 amide bonds. The Labute approximate surface area is 221 Å². The Morgan fingerprint density at radius 1 is 1.05 bits per heavy atom. The van der Waals surface area contributed by atoms with Crippen LogP contribution in [-0.4, -0.2) is 77.6 Å². The smallest absolute Gasteiger partial charge is 0.211 e. The molecule has 4 aromatic rings. The van der Waals surface area contributed by atoms with Crippen molar-refractivity contribution in [1.82, 2.24) is 29.7 Å². The summed E-state index contributed by atoms with van der Waals surface area (Å²) in [5.74, 6) is 1.97. The number of nitrogens with zero attached hydrogens (tertiary/aromatic N) is 6. The van der Waals surface area contributed by atoms with E-state index in [2.05, 4.69) is 30.3 Å². The van der Waals surface area contributed by atoms with E-state index in [4.69, 9.17) is 9.47 Å². The van der Waals surface area contributed by atoms with Crippen LogP contribution in [0.25, 0.3) is 22.2 Å². The van der Waals surface area contributed by atoms with Crippen molar-refractivity contribution in [2.24, 2.45) is 0 Å². The van der Waals surface area contributed by atoms with Gasteiger partial charge in [-0.05, 0) is 50.6 Å². The average molecular weight is 538 g/mol. The summed E-state index contributed by atoms with van der Waals surface area (Å²) in [6.07, 6.45) is 4.49. The molecule has 12 heteroatoms. The van der Waals surface area contributed by atoms with E-state index in [9.17, 15) is 8.42 Å². The van der Waals surface area contributed by atoms with Crippen molar-refractivity contribution in [1.29, 1.82) is 0 Å². The Balaban J connectivity index is 1.42. The molecule has 38 heavy (non-hydrogen) atoms. The van der Waals surface area contributed by atoms with Crippen LogP contribution in [0.2, 0.25) is 0 Å². The van der Waals surface area contributed by atoms with Gasteiger partial charge >= 0.3 is 0 Å². The summed E-state index contributed by atoms with van der Waals surface area (Å²) < 4.78 is 37.3. The lowest BCUT2D eigenvalue weighted by atomic mass is 10.0. The molecule has 1 atom stereocenters. The van der Waals surface area contributed by atoms with Crippen LogP contribution in [0.4, 0.5) is 5.82 Å². The number of aryl methyl sites for hydroxylation is 2. The lowest BCUT2D eigenvalue weighted by Crippen LogP contribution is -2.48. The Hall–Kier alpha value is -3.77. The maximum atomic E-state index is 11.8. The van der Waals surface area contributed by atoms with Gasteiger partial charge in [-0.15, -0.1) is 0 Å². The van der Waals surface area contributed by atoms with Gasteiger partial charge in [-0.2, -0.15) is 19.6 Å². The van der Waals surface area contributed by atoms with Crippen molar-refractivity contribution in [3.05, 3.63) is 53.5 Å². The molecule has 0 aliphatic carbocycles. The fourth-order valence-electron chi connectivity index (χ4n) is 5.01. The van der Waals surface area contributed by atoms with Crippen LogP contribution in [0.1, 0.15) is 29.8 Å². The Kier molecular flexibility index (Phi) is 6.93. The quantitative estimate of drug-likeness (QED) is 0.378. The first kappa shape index (κ1) is 25.9. The fourth-order valence-corrected chi connectivity index (χ4v) is 5.83. The van der Waals surface area contributed by atoms with Crippen LogP contribution in [0.5, 0.6) is 11.5 Å². The number of piperazine rings is 1. The molecule has 0 saturated carbocycles. The van der Waals surface area contributed by atoms with E-state index in [0.29, 0.717) is 43.4 Å². The van der Waals surface area contributed by atoms with Gasteiger partial charge in [-0.25, -0.2) is 13.4 Å². The first-order chi connectivity index (χ1) is 18.2. The molecule has 0 radical (unpaired) electrons. The highest BCUT2D eigenvalue weighted by molar-refractivity contribution is 7.88. The number of H-pyrrole nitrogens is 1. The summed E-state index contributed by atoms with van der Waals surface area (Å²) in [5.41, 5.74) is 5.17. The van der Waals surface area contributed by atoms with Crippen LogP contribution in [0, 0.1) is 13.8 Å². The zero-order chi connectivity index (χ0) is 27.0. The second-order valence-electron chi connectivity index (χ2n) is 9.43. The highest BCUT2D eigenvalue weighted by Gasteiger charge is 2.25. The molecular weight excluding hydrogens is 506 g/mol. The molecule has 3 aromatic heterocycles. The molecule has 4 heterocycles. The largest absolute Gasteiger partial charge is 0.492 e. The van der Waals surface area contributed by atoms with Gasteiger partial charge in [0.25, 0.3) is 0 Å². The Morgan fingerprint density at radius 3 is 2.45 bits per heavy atom. The third-order valence-electron chi connectivity index (χ3n) is 6.89. The van der Waals surface area contributed by atoms with Gasteiger partial charge in [0.2, 0.25) is 10.0 Å². The average Bonchev–Trinajstić information content (AvgIpc) is 3.32. The van der Waals surface area contributed by atoms with Crippen molar-refractivity contribution in [2.75, 3.05) is 44.4 Å². The molecule has 1 aliphatic heterocycles. The lowest BCUT2D eigenvalue weighted by molar-refractivity contribution is 0.214. The number of benzene rings is 1. The molecule has 1 N–H and O–H groups in total. The van der Waals surface area contributed by atoms with E-state index >= 15 is 0 Å². The zero-order valence-electron chi connectivity index (χ0n) is 22.1. The number of hydrogen-bond donors (Lipinski definition) is 1. The minimum Gasteiger partial charge on any atom is -0.492 e. The summed E-state index contributed by atoms with van der Waals surface area (Å²) in [6.45, 7) is 7.96. The van der Waals surface area contributed by atoms with E-state index in [0.717, 1.165) is 39.1 Å². The van der Waals surface area contributed by atoms with Crippen LogP contribution >= 0.6 is 0 Å². The number of hydrogen-bond acceptors (Lipinski definition) is 9. The summed E-state index contributed by atoms with van der Waals surface area (Å²) in [4.78, 5) is 6.74. The third-order valence-corrected chi connectivity index (χ3v) is 8.19. The summed E-state index contributed by atoms with van der Waals surface area (Å²) >= 11 is 0. The van der Waals surface area contributed by atoms with Gasteiger partial charge in [0.05, 0.1) is 36.2 Å². The Bertz CT molecular complexity index is 1540. The maximum absolute atomic E-state index is 11.8. The predicted octanol–water partition coefficient (Wildman–Crippen LogP) is 3.26. The van der Waals surface area contributed by atoms with Gasteiger partial charge < -0.3 is 14.4 Å². The first-order valence-electron chi connectivity index (χ1n) is 12.3. The van der Waals surface area contributed by atoms with Crippen molar-refractivity contribution < 1.29 is 17.9 Å². The number of rotatable bonds is 7. The van der Waals surface area contributed by atoms with Crippen molar-refractivity contribution in [3.63, 3.8) is 0 Å². The number of fused-ring (bicyclic) bond motifs is 1. The second kappa shape index (κ2) is 10.2. The molecule has 200 valence electrons. The van der Waals surface area contributed by atoms with Crippen LogP contribution in [0.3, 0.4) is 0 Å². The molecule has 0 spiro atoms. The van der Waals surface area contributed by atoms with E-state index in [1.54, 1.807) is 19.5 Å². The van der Waals surface area contributed by atoms with E-state index < -0.39 is 10.0 Å². The molecule has 0 bridgehead atoms. The highest BCUT2D eigenvalue weighted by Crippen LogP contribution is 2.42. The summed E-state index contributed by atoms with van der Waals surface area (Å²) in [6, 6.07) is 7.69. The topological polar surface area (TPSA) is 126 Å². The maximum Gasteiger partial charge on any atom is 0.211 e. The number of aromatic nitrogens is 5. The van der Waals surface area contributed by atoms with Gasteiger partial charge in [0, 0.05) is 43.5 Å². The number of pyridine rings is 1. The normalized spacial score (nSPS) is 15.6. The fraction of sp³-hybridized carbons (Fsp3) is 0.385. The molecule has 1 aliphatic rings.